The SMILES string of the molecule is C/C=C/[C@@H](C)NC(=O)C(F)(F)F. The number of hydrogen-bond donors (Lipinski definition) is 1. The maximum absolute atomic E-state index is 11.6. The van der Waals surface area contributed by atoms with Gasteiger partial charge in [0.15, 0.2) is 0 Å². The fourth-order valence-corrected chi connectivity index (χ4v) is 0.625. The Hall–Kier alpha value is -1.00. The lowest BCUT2D eigenvalue weighted by atomic mass is 10.3. The van der Waals surface area contributed by atoms with Crippen LogP contribution in [0.3, 0.4) is 0 Å². The van der Waals surface area contributed by atoms with E-state index in [2.05, 4.69) is 0 Å². The number of carbonyl (C=O) groups excluding carboxylic acids is 1. The molecule has 1 amide bonds. The van der Waals surface area contributed by atoms with Crippen LogP contribution in [0.15, 0.2) is 12.2 Å². The summed E-state index contributed by atoms with van der Waals surface area (Å²) in [5.41, 5.74) is 0. The summed E-state index contributed by atoms with van der Waals surface area (Å²) in [5.74, 6) is -1.91. The second-order valence-corrected chi connectivity index (χ2v) is 2.29. The van der Waals surface area contributed by atoms with E-state index in [1.165, 1.54) is 13.0 Å². The first-order valence-corrected chi connectivity index (χ1v) is 3.38. The number of hydrogen-bond acceptors (Lipinski definition) is 1. The van der Waals surface area contributed by atoms with Crippen molar-refractivity contribution in [2.75, 3.05) is 0 Å². The molecule has 70 valence electrons. The van der Waals surface area contributed by atoms with E-state index in [0.717, 1.165) is 0 Å². The molecule has 1 N–H and O–H groups in total. The number of nitrogens with one attached hydrogen (secondary N) is 1. The Morgan fingerprint density at radius 3 is 2.33 bits per heavy atom. The van der Waals surface area contributed by atoms with Crippen LogP contribution in [0.2, 0.25) is 0 Å². The fraction of sp³-hybridized carbons (Fsp3) is 0.571. The van der Waals surface area contributed by atoms with Crippen molar-refractivity contribution in [2.24, 2.45) is 0 Å². The first-order chi connectivity index (χ1) is 5.38. The van der Waals surface area contributed by atoms with Gasteiger partial charge in [-0.1, -0.05) is 12.2 Å². The Morgan fingerprint density at radius 2 is 2.00 bits per heavy atom. The van der Waals surface area contributed by atoms with Crippen LogP contribution in [0.5, 0.6) is 0 Å². The van der Waals surface area contributed by atoms with E-state index in [1.807, 2.05) is 0 Å². The van der Waals surface area contributed by atoms with Crippen molar-refractivity contribution in [2.45, 2.75) is 26.1 Å². The molecule has 12 heavy (non-hydrogen) atoms. The van der Waals surface area contributed by atoms with Gasteiger partial charge in [-0.05, 0) is 13.8 Å². The third-order valence-electron chi connectivity index (χ3n) is 1.10. The van der Waals surface area contributed by atoms with Gasteiger partial charge in [0, 0.05) is 6.04 Å². The summed E-state index contributed by atoms with van der Waals surface area (Å²) in [5, 5.41) is 1.77. The molecule has 0 rings (SSSR count). The van der Waals surface area contributed by atoms with Crippen LogP contribution in [0.4, 0.5) is 13.2 Å². The summed E-state index contributed by atoms with van der Waals surface area (Å²) in [6.07, 6.45) is -1.76. The van der Waals surface area contributed by atoms with Gasteiger partial charge in [-0.3, -0.25) is 4.79 Å². The second-order valence-electron chi connectivity index (χ2n) is 2.29. The van der Waals surface area contributed by atoms with Crippen molar-refractivity contribution in [1.82, 2.24) is 5.32 Å². The van der Waals surface area contributed by atoms with Gasteiger partial charge in [-0.25, -0.2) is 0 Å². The smallest absolute Gasteiger partial charge is 0.342 e. The predicted molar refractivity (Wildman–Crippen MR) is 38.5 cm³/mol. The van der Waals surface area contributed by atoms with E-state index in [4.69, 9.17) is 0 Å². The van der Waals surface area contributed by atoms with Crippen molar-refractivity contribution in [3.63, 3.8) is 0 Å². The summed E-state index contributed by atoms with van der Waals surface area (Å²) in [7, 11) is 0. The number of halogens is 3. The molecule has 0 spiro atoms. The molecule has 0 unspecified atom stereocenters. The van der Waals surface area contributed by atoms with Gasteiger partial charge >= 0.3 is 12.1 Å². The number of alkyl halides is 3. The minimum Gasteiger partial charge on any atom is -0.342 e. The predicted octanol–water partition coefficient (Wildman–Crippen LogP) is 1.63. The van der Waals surface area contributed by atoms with E-state index in [1.54, 1.807) is 18.3 Å². The molecule has 5 heteroatoms. The highest BCUT2D eigenvalue weighted by Crippen LogP contribution is 2.14. The summed E-state index contributed by atoms with van der Waals surface area (Å²) in [4.78, 5) is 10.3. The zero-order valence-electron chi connectivity index (χ0n) is 6.77. The lowest BCUT2D eigenvalue weighted by molar-refractivity contribution is -0.173. The van der Waals surface area contributed by atoms with E-state index < -0.39 is 18.1 Å². The fourth-order valence-electron chi connectivity index (χ4n) is 0.625. The van der Waals surface area contributed by atoms with Crippen LogP contribution in [0.1, 0.15) is 13.8 Å². The number of carbonyl (C=O) groups is 1. The van der Waals surface area contributed by atoms with Crippen LogP contribution >= 0.6 is 0 Å². The van der Waals surface area contributed by atoms with Crippen LogP contribution in [0.25, 0.3) is 0 Å². The monoisotopic (exact) mass is 181 g/mol. The topological polar surface area (TPSA) is 29.1 Å². The molecule has 0 radical (unpaired) electrons. The normalized spacial score (nSPS) is 14.8. The van der Waals surface area contributed by atoms with Gasteiger partial charge in [0.2, 0.25) is 0 Å². The van der Waals surface area contributed by atoms with Crippen molar-refractivity contribution in [1.29, 1.82) is 0 Å². The van der Waals surface area contributed by atoms with Gasteiger partial charge in [0.1, 0.15) is 0 Å². The molecule has 0 saturated heterocycles. The molecular weight excluding hydrogens is 171 g/mol. The molecular formula is C7H10F3NO. The summed E-state index contributed by atoms with van der Waals surface area (Å²) in [6.45, 7) is 3.12. The third-order valence-corrected chi connectivity index (χ3v) is 1.10. The molecule has 0 aromatic heterocycles. The standard InChI is InChI=1S/C7H10F3NO/c1-3-4-5(2)11-6(12)7(8,9)10/h3-5H,1-2H3,(H,11,12)/b4-3+/t5-/m1/s1. The maximum Gasteiger partial charge on any atom is 0.471 e. The second kappa shape index (κ2) is 4.13. The van der Waals surface area contributed by atoms with Gasteiger partial charge in [0.05, 0.1) is 0 Å². The molecule has 0 fully saturated rings. The van der Waals surface area contributed by atoms with Crippen molar-refractivity contribution in [3.8, 4) is 0 Å². The summed E-state index contributed by atoms with van der Waals surface area (Å²) >= 11 is 0. The van der Waals surface area contributed by atoms with Crippen molar-refractivity contribution < 1.29 is 18.0 Å². The zero-order chi connectivity index (χ0) is 9.78. The Labute approximate surface area is 68.4 Å². The first-order valence-electron chi connectivity index (χ1n) is 3.38. The molecule has 0 aliphatic rings. The highest BCUT2D eigenvalue weighted by Gasteiger charge is 2.38. The molecule has 0 aromatic carbocycles. The first kappa shape index (κ1) is 11.0. The highest BCUT2D eigenvalue weighted by atomic mass is 19.4. The lowest BCUT2D eigenvalue weighted by Crippen LogP contribution is -2.41. The Kier molecular flexibility index (Phi) is 3.79. The van der Waals surface area contributed by atoms with E-state index in [-0.39, 0.29) is 0 Å². The van der Waals surface area contributed by atoms with Crippen LogP contribution in [-0.4, -0.2) is 18.1 Å². The molecule has 0 bridgehead atoms. The quantitative estimate of drug-likeness (QED) is 0.644. The number of allylic oxidation sites excluding steroid dienone is 1. The van der Waals surface area contributed by atoms with Crippen LogP contribution in [0, 0.1) is 0 Å². The Balaban J connectivity index is 4.02. The average Bonchev–Trinajstić information content (AvgIpc) is 1.85. The zero-order valence-corrected chi connectivity index (χ0v) is 6.77. The molecule has 0 aliphatic carbocycles. The molecule has 0 aliphatic heterocycles. The molecule has 0 heterocycles. The third kappa shape index (κ3) is 4.00. The van der Waals surface area contributed by atoms with Crippen LogP contribution < -0.4 is 5.32 Å². The van der Waals surface area contributed by atoms with Crippen LogP contribution in [-0.2, 0) is 4.79 Å². The average molecular weight is 181 g/mol. The molecule has 1 atom stereocenters. The molecule has 2 nitrogen and oxygen atoms in total. The van der Waals surface area contributed by atoms with Gasteiger partial charge < -0.3 is 5.32 Å². The Bertz CT molecular complexity index is 186. The summed E-state index contributed by atoms with van der Waals surface area (Å²) in [6, 6.07) is -0.593. The minimum atomic E-state index is -4.80. The minimum absolute atomic E-state index is 0.593. The highest BCUT2D eigenvalue weighted by molar-refractivity contribution is 5.82. The van der Waals surface area contributed by atoms with Crippen molar-refractivity contribution >= 4 is 5.91 Å². The van der Waals surface area contributed by atoms with Gasteiger partial charge in [0.25, 0.3) is 0 Å². The largest absolute Gasteiger partial charge is 0.471 e. The molecule has 0 aromatic rings. The lowest BCUT2D eigenvalue weighted by Gasteiger charge is -2.10. The van der Waals surface area contributed by atoms with Gasteiger partial charge in [-0.2, -0.15) is 13.2 Å². The number of rotatable bonds is 2. The number of amides is 1. The summed E-state index contributed by atoms with van der Waals surface area (Å²) < 4.78 is 34.8. The van der Waals surface area contributed by atoms with E-state index in [0.29, 0.717) is 0 Å². The Morgan fingerprint density at radius 1 is 1.50 bits per heavy atom. The van der Waals surface area contributed by atoms with E-state index >= 15 is 0 Å². The molecule has 0 saturated carbocycles. The van der Waals surface area contributed by atoms with Crippen molar-refractivity contribution in [3.05, 3.63) is 12.2 Å². The maximum atomic E-state index is 11.6. The van der Waals surface area contributed by atoms with Gasteiger partial charge in [-0.15, -0.1) is 0 Å². The van der Waals surface area contributed by atoms with E-state index in [9.17, 15) is 18.0 Å².